The Hall–Kier alpha value is -4.07. The molecule has 2 aliphatic heterocycles. The van der Waals surface area contributed by atoms with Crippen LogP contribution in [-0.2, 0) is 82.1 Å². The van der Waals surface area contributed by atoms with Gasteiger partial charge >= 0.3 is 5.97 Å². The summed E-state index contributed by atoms with van der Waals surface area (Å²) < 4.78 is 62.1. The van der Waals surface area contributed by atoms with Gasteiger partial charge < -0.3 is 67.1 Å². The van der Waals surface area contributed by atoms with Crippen LogP contribution in [0, 0.1) is 0 Å². The zero-order valence-electron chi connectivity index (χ0n) is 42.8. The molecule has 1 aromatic carbocycles. The predicted octanol–water partition coefficient (Wildman–Crippen LogP) is 5.54. The first-order valence-electron chi connectivity index (χ1n) is 25.1. The lowest BCUT2D eigenvalue weighted by Crippen LogP contribution is -2.44. The minimum Gasteiger partial charge on any atom is -0.494 e. The van der Waals surface area contributed by atoms with Crippen molar-refractivity contribution >= 4 is 44.4 Å². The Morgan fingerprint density at radius 1 is 0.822 bits per heavy atom. The number of esters is 1. The van der Waals surface area contributed by atoms with E-state index in [9.17, 15) is 19.5 Å². The Labute approximate surface area is 435 Å². The van der Waals surface area contributed by atoms with Crippen LogP contribution in [0.4, 0.5) is 0 Å². The molecule has 0 fully saturated rings. The summed E-state index contributed by atoms with van der Waals surface area (Å²) in [6.07, 6.45) is 1.91. The number of nitrogens with one attached hydrogen (secondary N) is 1. The van der Waals surface area contributed by atoms with Crippen molar-refractivity contribution in [3.8, 4) is 17.1 Å². The number of aromatic nitrogens is 2. The number of aliphatic hydroxyl groups is 1. The number of ether oxygens (including phenoxy) is 11. The van der Waals surface area contributed by atoms with Crippen molar-refractivity contribution < 1.29 is 66.8 Å². The number of nitrogens with zero attached hydrogens (tertiary/aromatic N) is 5. The Balaban J connectivity index is 0.808. The fourth-order valence-corrected chi connectivity index (χ4v) is 10.3. The Bertz CT molecular complexity index is 2280. The van der Waals surface area contributed by atoms with E-state index in [1.54, 1.807) is 39.1 Å². The number of hydrogen-bond donors (Lipinski definition) is 2. The number of benzene rings is 1. The number of azide groups is 1. The number of carbonyl (C=O) groups excluding carboxylic acids is 2. The van der Waals surface area contributed by atoms with Gasteiger partial charge in [-0.25, -0.2) is 9.78 Å². The van der Waals surface area contributed by atoms with Gasteiger partial charge in [-0.05, 0) is 68.5 Å². The molecule has 4 heterocycles. The van der Waals surface area contributed by atoms with Crippen LogP contribution < -0.4 is 15.6 Å². The number of carbonyl (C=O) groups is 2. The van der Waals surface area contributed by atoms with Gasteiger partial charge in [-0.15, -0.1) is 0 Å². The van der Waals surface area contributed by atoms with Crippen molar-refractivity contribution in [3.05, 3.63) is 67.3 Å². The Morgan fingerprint density at radius 3 is 1.93 bits per heavy atom. The molecule has 21 nitrogen and oxygen atoms in total. The van der Waals surface area contributed by atoms with E-state index in [0.717, 1.165) is 46.4 Å². The molecule has 0 bridgehead atoms. The number of hydrogen-bond acceptors (Lipinski definition) is 19. The average Bonchev–Trinajstić information content (AvgIpc) is 3.76. The van der Waals surface area contributed by atoms with Crippen LogP contribution in [-0.4, -0.2) is 176 Å². The first-order chi connectivity index (χ1) is 35.5. The number of fused-ring (bicyclic) bond motifs is 5. The molecule has 2 N–H and O–H groups in total. The molecule has 1 atom stereocenters. The van der Waals surface area contributed by atoms with Crippen molar-refractivity contribution in [2.75, 3.05) is 144 Å². The van der Waals surface area contributed by atoms with E-state index in [1.807, 2.05) is 18.2 Å². The van der Waals surface area contributed by atoms with Crippen LogP contribution in [0.1, 0.15) is 69.2 Å². The first kappa shape index (κ1) is 59.8. The zero-order chi connectivity index (χ0) is 52.2. The lowest BCUT2D eigenvalue weighted by atomic mass is 9.86. The molecule has 2 aliphatic rings. The topological polar surface area (TPSA) is 252 Å². The summed E-state index contributed by atoms with van der Waals surface area (Å²) in [5.41, 5.74) is 10.7. The van der Waals surface area contributed by atoms with Crippen molar-refractivity contribution in [2.45, 2.75) is 76.9 Å². The summed E-state index contributed by atoms with van der Waals surface area (Å²) in [4.78, 5) is 46.4. The van der Waals surface area contributed by atoms with Gasteiger partial charge in [0, 0.05) is 51.4 Å². The highest BCUT2D eigenvalue weighted by Crippen LogP contribution is 2.41. The van der Waals surface area contributed by atoms with Crippen LogP contribution in [0.25, 0.3) is 32.7 Å². The number of pyridine rings is 2. The number of amides is 1. The van der Waals surface area contributed by atoms with Gasteiger partial charge in [0.15, 0.2) is 5.60 Å². The van der Waals surface area contributed by atoms with Gasteiger partial charge in [0.05, 0.1) is 155 Å². The maximum absolute atomic E-state index is 13.7. The minimum atomic E-state index is -1.87. The molecule has 0 spiro atoms. The second kappa shape index (κ2) is 33.1. The standard InChI is InChI=1S/C50H74N6O15S2/c1-5-38-39-32-37(8-9-43(39)54-46-40(38)34-56-44(46)33-42-41(47(56)58)35-71-48(59)50(42,60)6-2)70-12-7-31-72-73-49(3,4)36-52-45(57)10-13-61-15-17-63-19-21-65-23-25-67-27-29-69-30-28-68-26-24-66-22-20-64-18-16-62-14-11-53-55-51/h8-9,32-33,60H,5-7,10-31,34-36H2,1-4H3,(H,52,57)/t50-/m0/s1. The first-order valence-corrected chi connectivity index (χ1v) is 27.4. The quantitative estimate of drug-likeness (QED) is 0.0138. The molecule has 0 radical (unpaired) electrons. The van der Waals surface area contributed by atoms with Gasteiger partial charge in [-0.1, -0.05) is 40.5 Å². The minimum absolute atomic E-state index is 0.0575. The van der Waals surface area contributed by atoms with E-state index in [1.165, 1.54) is 0 Å². The number of cyclic esters (lactones) is 1. The van der Waals surface area contributed by atoms with Crippen LogP contribution >= 0.6 is 21.6 Å². The monoisotopic (exact) mass is 1060 g/mol. The molecule has 0 saturated heterocycles. The van der Waals surface area contributed by atoms with E-state index < -0.39 is 11.6 Å². The highest BCUT2D eigenvalue weighted by molar-refractivity contribution is 8.77. The molecular formula is C50H74N6O15S2. The van der Waals surface area contributed by atoms with Gasteiger partial charge in [-0.3, -0.25) is 9.59 Å². The van der Waals surface area contributed by atoms with E-state index in [4.69, 9.17) is 62.6 Å². The summed E-state index contributed by atoms with van der Waals surface area (Å²) >= 11 is 0. The normalized spacial score (nSPS) is 14.9. The summed E-state index contributed by atoms with van der Waals surface area (Å²) in [6, 6.07) is 7.61. The maximum Gasteiger partial charge on any atom is 0.343 e. The van der Waals surface area contributed by atoms with Crippen molar-refractivity contribution in [2.24, 2.45) is 5.11 Å². The molecule has 3 aromatic rings. The van der Waals surface area contributed by atoms with E-state index >= 15 is 0 Å². The molecule has 406 valence electrons. The third-order valence-electron chi connectivity index (χ3n) is 11.6. The largest absolute Gasteiger partial charge is 0.494 e. The van der Waals surface area contributed by atoms with E-state index in [0.29, 0.717) is 168 Å². The van der Waals surface area contributed by atoms with Gasteiger partial charge in [0.2, 0.25) is 5.91 Å². The molecule has 23 heteroatoms. The number of aryl methyl sites for hydroxylation is 1. The molecule has 0 unspecified atom stereocenters. The molecule has 2 aromatic heterocycles. The summed E-state index contributed by atoms with van der Waals surface area (Å²) in [6.45, 7) is 17.5. The van der Waals surface area contributed by atoms with Crippen LogP contribution in [0.5, 0.6) is 5.75 Å². The Kier molecular flexibility index (Phi) is 27.1. The molecule has 0 saturated carbocycles. The number of rotatable bonds is 41. The fraction of sp³-hybridized carbons (Fsp3) is 0.680. The van der Waals surface area contributed by atoms with Gasteiger partial charge in [0.25, 0.3) is 5.56 Å². The lowest BCUT2D eigenvalue weighted by molar-refractivity contribution is -0.172. The highest BCUT2D eigenvalue weighted by atomic mass is 33.1. The van der Waals surface area contributed by atoms with Crippen LogP contribution in [0.3, 0.4) is 0 Å². The van der Waals surface area contributed by atoms with Gasteiger partial charge in [0.1, 0.15) is 12.4 Å². The van der Waals surface area contributed by atoms with E-state index in [-0.39, 0.29) is 35.7 Å². The Morgan fingerprint density at radius 2 is 1.38 bits per heavy atom. The van der Waals surface area contributed by atoms with Crippen molar-refractivity contribution in [3.63, 3.8) is 0 Å². The second-order valence-electron chi connectivity index (χ2n) is 17.4. The van der Waals surface area contributed by atoms with Crippen LogP contribution in [0.2, 0.25) is 0 Å². The lowest BCUT2D eigenvalue weighted by Gasteiger charge is -2.31. The molecule has 0 aliphatic carbocycles. The molecule has 5 rings (SSSR count). The fourth-order valence-electron chi connectivity index (χ4n) is 7.75. The van der Waals surface area contributed by atoms with Gasteiger partial charge in [-0.2, -0.15) is 0 Å². The highest BCUT2D eigenvalue weighted by Gasteiger charge is 2.45. The summed E-state index contributed by atoms with van der Waals surface area (Å²) in [5.74, 6) is 0.821. The van der Waals surface area contributed by atoms with E-state index in [2.05, 4.69) is 36.1 Å². The van der Waals surface area contributed by atoms with Crippen molar-refractivity contribution in [1.29, 1.82) is 0 Å². The smallest absolute Gasteiger partial charge is 0.343 e. The SMILES string of the molecule is CCc1c2c(nc3ccc(OCCCSSC(C)(C)CNC(=O)CCOCCOCCOCCOCCOCCOCCOCCOCCOCCN=[N+]=[N-])cc13)-c1cc3c(c(=O)n1C2)COC(=O)[C@]3(O)CC. The average molecular weight is 1060 g/mol. The third kappa shape index (κ3) is 19.5. The van der Waals surface area contributed by atoms with Crippen molar-refractivity contribution in [1.82, 2.24) is 14.9 Å². The summed E-state index contributed by atoms with van der Waals surface area (Å²) in [5, 5.41) is 18.6. The zero-order valence-corrected chi connectivity index (χ0v) is 44.5. The predicted molar refractivity (Wildman–Crippen MR) is 277 cm³/mol. The molecular weight excluding hydrogens is 989 g/mol. The second-order valence-corrected chi connectivity index (χ2v) is 20.5. The summed E-state index contributed by atoms with van der Waals surface area (Å²) in [7, 11) is 3.49. The van der Waals surface area contributed by atoms with Crippen LogP contribution in [0.15, 0.2) is 34.2 Å². The molecule has 1 amide bonds. The third-order valence-corrected chi connectivity index (χ3v) is 15.0. The maximum atomic E-state index is 13.7. The molecule has 73 heavy (non-hydrogen) atoms.